The molecule has 0 aliphatic carbocycles. The zero-order valence-corrected chi connectivity index (χ0v) is 13.0. The number of oxazole rings is 1. The quantitative estimate of drug-likeness (QED) is 0.606. The van der Waals surface area contributed by atoms with Crippen LogP contribution in [0.15, 0.2) is 58.0 Å². The summed E-state index contributed by atoms with van der Waals surface area (Å²) in [5.41, 5.74) is 2.14. The van der Waals surface area contributed by atoms with Gasteiger partial charge in [-0.15, -0.1) is 0 Å². The van der Waals surface area contributed by atoms with Crippen molar-refractivity contribution in [3.05, 3.63) is 64.9 Å². The third-order valence-corrected chi connectivity index (χ3v) is 3.24. The summed E-state index contributed by atoms with van der Waals surface area (Å²) in [4.78, 5) is 41.1. The molecule has 2 aromatic heterocycles. The number of anilines is 1. The van der Waals surface area contributed by atoms with E-state index in [1.807, 2.05) is 0 Å². The summed E-state index contributed by atoms with van der Waals surface area (Å²) in [5.74, 6) is -1.35. The van der Waals surface area contributed by atoms with Crippen molar-refractivity contribution in [1.29, 1.82) is 0 Å². The molecule has 0 aliphatic heterocycles. The first-order valence-electron chi connectivity index (χ1n) is 7.39. The minimum absolute atomic E-state index is 0.184. The number of amides is 2. The summed E-state index contributed by atoms with van der Waals surface area (Å²) in [7, 11) is 0. The molecule has 0 saturated heterocycles. The second-order valence-corrected chi connectivity index (χ2v) is 5.11. The molecule has 3 aromatic rings. The number of rotatable bonds is 5. The molecule has 0 atom stereocenters. The minimum atomic E-state index is -0.564. The van der Waals surface area contributed by atoms with Crippen LogP contribution >= 0.6 is 0 Å². The highest BCUT2D eigenvalue weighted by atomic mass is 16.4. The second kappa shape index (κ2) is 7.26. The predicted octanol–water partition coefficient (Wildman–Crippen LogP) is 1.28. The van der Waals surface area contributed by atoms with E-state index in [1.54, 1.807) is 48.8 Å². The fraction of sp³-hybridized carbons (Fsp3) is 0.0588. The maximum absolute atomic E-state index is 11.9. The van der Waals surface area contributed by atoms with E-state index < -0.39 is 17.6 Å². The van der Waals surface area contributed by atoms with Crippen LogP contribution in [0.4, 0.5) is 5.69 Å². The standard InChI is InChI=1S/C17H14N4O4/c22-15(6-3-11-2-1-7-18-9-11)19-10-16(23)20-12-4-5-14-13(8-12)21-17(24)25-14/h1-9H,10H2,(H,19,22)(H,20,23)(H,21,24)/b6-3-. The number of aromatic nitrogens is 2. The van der Waals surface area contributed by atoms with Crippen molar-refractivity contribution < 1.29 is 14.0 Å². The highest BCUT2D eigenvalue weighted by Gasteiger charge is 2.06. The molecule has 3 rings (SSSR count). The molecule has 0 fully saturated rings. The van der Waals surface area contributed by atoms with Gasteiger partial charge < -0.3 is 15.1 Å². The SMILES string of the molecule is O=C(/C=C\c1cccnc1)NCC(=O)Nc1ccc2oc(=O)[nH]c2c1. The van der Waals surface area contributed by atoms with Gasteiger partial charge in [0.15, 0.2) is 5.58 Å². The minimum Gasteiger partial charge on any atom is -0.408 e. The Hall–Kier alpha value is -3.68. The molecular formula is C17H14N4O4. The van der Waals surface area contributed by atoms with Crippen LogP contribution in [0.1, 0.15) is 5.56 Å². The van der Waals surface area contributed by atoms with Gasteiger partial charge in [0.1, 0.15) is 0 Å². The molecule has 8 nitrogen and oxygen atoms in total. The molecule has 0 bridgehead atoms. The highest BCUT2D eigenvalue weighted by Crippen LogP contribution is 2.15. The van der Waals surface area contributed by atoms with Crippen molar-refractivity contribution in [1.82, 2.24) is 15.3 Å². The second-order valence-electron chi connectivity index (χ2n) is 5.11. The number of hydrogen-bond donors (Lipinski definition) is 3. The Bertz CT molecular complexity index is 989. The zero-order valence-electron chi connectivity index (χ0n) is 13.0. The Morgan fingerprint density at radius 1 is 1.28 bits per heavy atom. The molecule has 8 heteroatoms. The van der Waals surface area contributed by atoms with E-state index in [0.29, 0.717) is 16.8 Å². The molecule has 3 N–H and O–H groups in total. The van der Waals surface area contributed by atoms with Crippen LogP contribution in [-0.2, 0) is 9.59 Å². The Morgan fingerprint density at radius 3 is 2.96 bits per heavy atom. The summed E-state index contributed by atoms with van der Waals surface area (Å²) >= 11 is 0. The first kappa shape index (κ1) is 16.2. The first-order valence-corrected chi connectivity index (χ1v) is 7.39. The van der Waals surface area contributed by atoms with Gasteiger partial charge >= 0.3 is 5.76 Å². The van der Waals surface area contributed by atoms with E-state index in [2.05, 4.69) is 20.6 Å². The zero-order chi connectivity index (χ0) is 17.6. The van der Waals surface area contributed by atoms with Gasteiger partial charge in [0.25, 0.3) is 0 Å². The van der Waals surface area contributed by atoms with E-state index in [1.165, 1.54) is 6.08 Å². The van der Waals surface area contributed by atoms with E-state index in [0.717, 1.165) is 5.56 Å². The fourth-order valence-corrected chi connectivity index (χ4v) is 2.11. The van der Waals surface area contributed by atoms with Crippen LogP contribution in [0.3, 0.4) is 0 Å². The van der Waals surface area contributed by atoms with Crippen LogP contribution in [-0.4, -0.2) is 28.3 Å². The summed E-state index contributed by atoms with van der Waals surface area (Å²) in [6, 6.07) is 8.30. The molecule has 2 amide bonds. The summed E-state index contributed by atoms with van der Waals surface area (Å²) in [6.07, 6.45) is 6.18. The molecule has 25 heavy (non-hydrogen) atoms. The number of carbonyl (C=O) groups excluding carboxylic acids is 2. The topological polar surface area (TPSA) is 117 Å². The Morgan fingerprint density at radius 2 is 2.16 bits per heavy atom. The van der Waals surface area contributed by atoms with Crippen LogP contribution in [0.25, 0.3) is 17.2 Å². The van der Waals surface area contributed by atoms with Gasteiger partial charge in [0.05, 0.1) is 12.1 Å². The van der Waals surface area contributed by atoms with Crippen LogP contribution in [0.5, 0.6) is 0 Å². The summed E-state index contributed by atoms with van der Waals surface area (Å²) in [5, 5.41) is 5.10. The van der Waals surface area contributed by atoms with E-state index in [9.17, 15) is 14.4 Å². The third kappa shape index (κ3) is 4.41. The van der Waals surface area contributed by atoms with Gasteiger partial charge in [0.2, 0.25) is 11.8 Å². The Kier molecular flexibility index (Phi) is 4.70. The molecule has 2 heterocycles. The fourth-order valence-electron chi connectivity index (χ4n) is 2.11. The number of fused-ring (bicyclic) bond motifs is 1. The molecule has 0 aliphatic rings. The normalized spacial score (nSPS) is 10.9. The van der Waals surface area contributed by atoms with Gasteiger partial charge in [-0.05, 0) is 35.9 Å². The molecule has 126 valence electrons. The van der Waals surface area contributed by atoms with Crippen molar-refractivity contribution in [2.24, 2.45) is 0 Å². The van der Waals surface area contributed by atoms with E-state index >= 15 is 0 Å². The highest BCUT2D eigenvalue weighted by molar-refractivity contribution is 5.98. The van der Waals surface area contributed by atoms with Gasteiger partial charge in [-0.2, -0.15) is 0 Å². The van der Waals surface area contributed by atoms with Crippen molar-refractivity contribution in [3.63, 3.8) is 0 Å². The van der Waals surface area contributed by atoms with Crippen molar-refractivity contribution >= 4 is 34.7 Å². The van der Waals surface area contributed by atoms with Crippen molar-refractivity contribution in [2.75, 3.05) is 11.9 Å². The number of nitrogens with one attached hydrogen (secondary N) is 3. The number of nitrogens with zero attached hydrogens (tertiary/aromatic N) is 1. The van der Waals surface area contributed by atoms with Crippen LogP contribution < -0.4 is 16.4 Å². The number of pyridine rings is 1. The van der Waals surface area contributed by atoms with Gasteiger partial charge in [-0.3, -0.25) is 19.6 Å². The number of aromatic amines is 1. The predicted molar refractivity (Wildman–Crippen MR) is 91.7 cm³/mol. The summed E-state index contributed by atoms with van der Waals surface area (Å²) < 4.78 is 4.88. The van der Waals surface area contributed by atoms with Crippen LogP contribution in [0, 0.1) is 0 Å². The smallest absolute Gasteiger partial charge is 0.408 e. The first-order chi connectivity index (χ1) is 12.1. The van der Waals surface area contributed by atoms with E-state index in [-0.39, 0.29) is 6.54 Å². The molecule has 1 aromatic carbocycles. The lowest BCUT2D eigenvalue weighted by molar-refractivity contribution is -0.121. The van der Waals surface area contributed by atoms with E-state index in [4.69, 9.17) is 4.42 Å². The third-order valence-electron chi connectivity index (χ3n) is 3.24. The molecule has 0 radical (unpaired) electrons. The number of carbonyl (C=O) groups is 2. The number of benzene rings is 1. The summed E-state index contributed by atoms with van der Waals surface area (Å²) in [6.45, 7) is -0.184. The monoisotopic (exact) mass is 338 g/mol. The molecular weight excluding hydrogens is 324 g/mol. The average Bonchev–Trinajstić information content (AvgIpc) is 2.98. The molecule has 0 saturated carbocycles. The van der Waals surface area contributed by atoms with Gasteiger partial charge in [-0.1, -0.05) is 6.07 Å². The van der Waals surface area contributed by atoms with Crippen molar-refractivity contribution in [3.8, 4) is 0 Å². The number of hydrogen-bond acceptors (Lipinski definition) is 5. The van der Waals surface area contributed by atoms with Crippen LogP contribution in [0.2, 0.25) is 0 Å². The molecule has 0 unspecified atom stereocenters. The largest absolute Gasteiger partial charge is 0.417 e. The Balaban J connectivity index is 1.52. The Labute approximate surface area is 141 Å². The molecule has 0 spiro atoms. The van der Waals surface area contributed by atoms with Gasteiger partial charge in [0, 0.05) is 24.2 Å². The maximum Gasteiger partial charge on any atom is 0.417 e. The lowest BCUT2D eigenvalue weighted by atomic mass is 10.2. The number of H-pyrrole nitrogens is 1. The lowest BCUT2D eigenvalue weighted by Gasteiger charge is -2.05. The average molecular weight is 338 g/mol. The lowest BCUT2D eigenvalue weighted by Crippen LogP contribution is -2.31. The maximum atomic E-state index is 11.9. The van der Waals surface area contributed by atoms with Gasteiger partial charge in [-0.25, -0.2) is 4.79 Å². The van der Waals surface area contributed by atoms with Crippen molar-refractivity contribution in [2.45, 2.75) is 0 Å².